The zero-order valence-corrected chi connectivity index (χ0v) is 12.6. The van der Waals surface area contributed by atoms with Crippen LogP contribution in [-0.4, -0.2) is 66.5 Å². The maximum absolute atomic E-state index is 10.5. The van der Waals surface area contributed by atoms with E-state index in [0.717, 1.165) is 43.8 Å². The quantitative estimate of drug-likeness (QED) is 0.900. The molecule has 0 spiro atoms. The van der Waals surface area contributed by atoms with E-state index in [2.05, 4.69) is 26.9 Å². The molecule has 0 aliphatic carbocycles. The van der Waals surface area contributed by atoms with Crippen molar-refractivity contribution in [1.29, 1.82) is 0 Å². The van der Waals surface area contributed by atoms with Crippen LogP contribution < -0.4 is 4.90 Å². The lowest BCUT2D eigenvalue weighted by atomic mass is 10.1. The molecule has 2 aliphatic rings. The summed E-state index contributed by atoms with van der Waals surface area (Å²) in [4.78, 5) is 9.07. The number of benzene rings is 1. The minimum absolute atomic E-state index is 0.191. The monoisotopic (exact) mass is 299 g/mol. The molecular formula is C17H21N3O2. The molecule has 1 aromatic heterocycles. The predicted molar refractivity (Wildman–Crippen MR) is 86.1 cm³/mol. The number of nitrogens with zero attached hydrogens (tertiary/aromatic N) is 3. The van der Waals surface area contributed by atoms with Gasteiger partial charge < -0.3 is 14.7 Å². The number of pyridine rings is 1. The molecular weight excluding hydrogens is 278 g/mol. The molecule has 2 aliphatic heterocycles. The number of ether oxygens (including phenoxy) is 1. The highest BCUT2D eigenvalue weighted by molar-refractivity contribution is 5.91. The number of aliphatic hydroxyl groups excluding tert-OH is 1. The number of morpholine rings is 1. The molecule has 3 heterocycles. The van der Waals surface area contributed by atoms with Gasteiger partial charge in [0.05, 0.1) is 30.9 Å². The fourth-order valence-electron chi connectivity index (χ4n) is 3.59. The molecule has 2 saturated heterocycles. The summed E-state index contributed by atoms with van der Waals surface area (Å²) in [6.07, 6.45) is 1.54. The van der Waals surface area contributed by atoms with Gasteiger partial charge in [-0.3, -0.25) is 9.88 Å². The molecule has 22 heavy (non-hydrogen) atoms. The first-order valence-electron chi connectivity index (χ1n) is 7.91. The van der Waals surface area contributed by atoms with E-state index >= 15 is 0 Å². The summed E-state index contributed by atoms with van der Waals surface area (Å²) >= 11 is 0. The third kappa shape index (κ3) is 2.45. The van der Waals surface area contributed by atoms with Crippen molar-refractivity contribution in [3.8, 4) is 0 Å². The van der Waals surface area contributed by atoms with E-state index in [1.54, 1.807) is 0 Å². The van der Waals surface area contributed by atoms with E-state index < -0.39 is 0 Å². The molecule has 2 fully saturated rings. The van der Waals surface area contributed by atoms with Gasteiger partial charge in [0.2, 0.25) is 0 Å². The van der Waals surface area contributed by atoms with Crippen molar-refractivity contribution in [2.75, 3.05) is 44.3 Å². The summed E-state index contributed by atoms with van der Waals surface area (Å²) in [7, 11) is 0. The van der Waals surface area contributed by atoms with E-state index in [0.29, 0.717) is 6.54 Å². The van der Waals surface area contributed by atoms with Crippen LogP contribution >= 0.6 is 0 Å². The van der Waals surface area contributed by atoms with Crippen LogP contribution in [0.2, 0.25) is 0 Å². The Labute approximate surface area is 130 Å². The van der Waals surface area contributed by atoms with Crippen molar-refractivity contribution < 1.29 is 9.84 Å². The van der Waals surface area contributed by atoms with Gasteiger partial charge in [0.1, 0.15) is 0 Å². The van der Waals surface area contributed by atoms with E-state index in [-0.39, 0.29) is 12.1 Å². The minimum Gasteiger partial charge on any atom is -0.390 e. The van der Waals surface area contributed by atoms with Crippen LogP contribution in [-0.2, 0) is 4.74 Å². The van der Waals surface area contributed by atoms with Crippen molar-refractivity contribution in [2.45, 2.75) is 12.1 Å². The number of hydrogen-bond acceptors (Lipinski definition) is 5. The number of anilines is 1. The highest BCUT2D eigenvalue weighted by Gasteiger charge is 2.36. The van der Waals surface area contributed by atoms with Crippen molar-refractivity contribution in [3.63, 3.8) is 0 Å². The lowest BCUT2D eigenvalue weighted by molar-refractivity contribution is -0.00588. The minimum atomic E-state index is -0.315. The van der Waals surface area contributed by atoms with E-state index in [1.807, 2.05) is 24.4 Å². The average molecular weight is 299 g/mol. The Hall–Kier alpha value is -1.69. The number of hydrogen-bond donors (Lipinski definition) is 1. The highest BCUT2D eigenvalue weighted by atomic mass is 16.5. The highest BCUT2D eigenvalue weighted by Crippen LogP contribution is 2.29. The Bertz CT molecular complexity index is 652. The lowest BCUT2D eigenvalue weighted by Gasteiger charge is -2.33. The Morgan fingerprint density at radius 3 is 2.77 bits per heavy atom. The first kappa shape index (κ1) is 13.9. The van der Waals surface area contributed by atoms with Crippen molar-refractivity contribution in [3.05, 3.63) is 36.5 Å². The molecule has 0 unspecified atom stereocenters. The van der Waals surface area contributed by atoms with Gasteiger partial charge in [0, 0.05) is 43.4 Å². The summed E-state index contributed by atoms with van der Waals surface area (Å²) in [6.45, 7) is 4.88. The summed E-state index contributed by atoms with van der Waals surface area (Å²) in [6, 6.07) is 10.4. The van der Waals surface area contributed by atoms with E-state index in [4.69, 9.17) is 4.74 Å². The average Bonchev–Trinajstić information content (AvgIpc) is 2.97. The summed E-state index contributed by atoms with van der Waals surface area (Å²) in [5, 5.41) is 11.7. The van der Waals surface area contributed by atoms with Gasteiger partial charge in [0.15, 0.2) is 0 Å². The number of aromatic nitrogens is 1. The summed E-state index contributed by atoms with van der Waals surface area (Å²) in [5.41, 5.74) is 2.17. The molecule has 1 N–H and O–H groups in total. The zero-order chi connectivity index (χ0) is 14.9. The van der Waals surface area contributed by atoms with Crippen molar-refractivity contribution in [1.82, 2.24) is 9.88 Å². The molecule has 0 amide bonds. The maximum Gasteiger partial charge on any atom is 0.0887 e. The molecule has 2 aromatic rings. The second-order valence-electron chi connectivity index (χ2n) is 6.04. The van der Waals surface area contributed by atoms with Crippen molar-refractivity contribution in [2.24, 2.45) is 0 Å². The van der Waals surface area contributed by atoms with Gasteiger partial charge in [-0.2, -0.15) is 0 Å². The number of β-amino-alcohol motifs (C(OH)–C–C–N with tert-alkyl or cyclic N) is 1. The molecule has 1 aromatic carbocycles. The van der Waals surface area contributed by atoms with Crippen LogP contribution in [0.25, 0.3) is 10.9 Å². The molecule has 116 valence electrons. The largest absolute Gasteiger partial charge is 0.390 e. The van der Waals surface area contributed by atoms with Crippen LogP contribution in [0.4, 0.5) is 5.69 Å². The third-order valence-corrected chi connectivity index (χ3v) is 4.74. The molecule has 5 heteroatoms. The fourth-order valence-corrected chi connectivity index (χ4v) is 3.59. The Morgan fingerprint density at radius 2 is 1.91 bits per heavy atom. The second kappa shape index (κ2) is 5.83. The first-order valence-corrected chi connectivity index (χ1v) is 7.91. The molecule has 0 bridgehead atoms. The van der Waals surface area contributed by atoms with E-state index in [9.17, 15) is 5.11 Å². The Kier molecular flexibility index (Phi) is 3.70. The molecule has 4 rings (SSSR count). The van der Waals surface area contributed by atoms with E-state index in [1.165, 1.54) is 5.69 Å². The van der Waals surface area contributed by atoms with Gasteiger partial charge in [-0.05, 0) is 12.1 Å². The standard InChI is InChI=1S/C17H21N3O2/c21-17-12-20(11-16(17)19-7-9-22-10-8-19)15-5-6-18-14-4-2-1-3-13(14)15/h1-6,16-17,21H,7-12H2/t16-,17-/m0/s1. The maximum atomic E-state index is 10.5. The summed E-state index contributed by atoms with van der Waals surface area (Å²) < 4.78 is 5.42. The van der Waals surface area contributed by atoms with Gasteiger partial charge in [0.25, 0.3) is 0 Å². The number of fused-ring (bicyclic) bond motifs is 1. The van der Waals surface area contributed by atoms with Gasteiger partial charge >= 0.3 is 0 Å². The normalized spacial score (nSPS) is 26.7. The molecule has 5 nitrogen and oxygen atoms in total. The smallest absolute Gasteiger partial charge is 0.0887 e. The fraction of sp³-hybridized carbons (Fsp3) is 0.471. The van der Waals surface area contributed by atoms with Crippen molar-refractivity contribution >= 4 is 16.6 Å². The molecule has 0 radical (unpaired) electrons. The third-order valence-electron chi connectivity index (χ3n) is 4.74. The van der Waals surface area contributed by atoms with Crippen LogP contribution in [0.3, 0.4) is 0 Å². The molecule has 0 saturated carbocycles. The Balaban J connectivity index is 1.60. The van der Waals surface area contributed by atoms with Crippen LogP contribution in [0.15, 0.2) is 36.5 Å². The number of rotatable bonds is 2. The lowest BCUT2D eigenvalue weighted by Crippen LogP contribution is -2.48. The number of para-hydroxylation sites is 1. The van der Waals surface area contributed by atoms with Crippen LogP contribution in [0, 0.1) is 0 Å². The Morgan fingerprint density at radius 1 is 1.09 bits per heavy atom. The van der Waals surface area contributed by atoms with Gasteiger partial charge in [-0.25, -0.2) is 0 Å². The topological polar surface area (TPSA) is 48.8 Å². The van der Waals surface area contributed by atoms with Gasteiger partial charge in [-0.15, -0.1) is 0 Å². The predicted octanol–water partition coefficient (Wildman–Crippen LogP) is 1.12. The SMILES string of the molecule is O[C@H]1CN(c2ccnc3ccccc23)C[C@@H]1N1CCOCC1. The van der Waals surface area contributed by atoms with Crippen LogP contribution in [0.1, 0.15) is 0 Å². The zero-order valence-electron chi connectivity index (χ0n) is 12.6. The number of aliphatic hydroxyl groups is 1. The summed E-state index contributed by atoms with van der Waals surface area (Å²) in [5.74, 6) is 0. The molecule has 2 atom stereocenters. The van der Waals surface area contributed by atoms with Crippen LogP contribution in [0.5, 0.6) is 0 Å². The second-order valence-corrected chi connectivity index (χ2v) is 6.04. The first-order chi connectivity index (χ1) is 10.8. The van der Waals surface area contributed by atoms with Gasteiger partial charge in [-0.1, -0.05) is 18.2 Å².